The first-order valence-corrected chi connectivity index (χ1v) is 6.15. The number of oxime groups is 1. The van der Waals surface area contributed by atoms with E-state index in [2.05, 4.69) is 5.16 Å². The Bertz CT molecular complexity index is 538. The molecule has 0 aliphatic carbocycles. The van der Waals surface area contributed by atoms with E-state index < -0.39 is 0 Å². The van der Waals surface area contributed by atoms with Gasteiger partial charge in [0.1, 0.15) is 6.61 Å². The van der Waals surface area contributed by atoms with Crippen LogP contribution in [0.25, 0.3) is 0 Å². The van der Waals surface area contributed by atoms with E-state index in [-0.39, 0.29) is 0 Å². The molecule has 0 bridgehead atoms. The van der Waals surface area contributed by atoms with E-state index in [9.17, 15) is 0 Å². The minimum atomic E-state index is 0.411. The van der Waals surface area contributed by atoms with Gasteiger partial charge in [-0.05, 0) is 35.4 Å². The molecule has 2 nitrogen and oxygen atoms in total. The summed E-state index contributed by atoms with van der Waals surface area (Å²) >= 11 is 11.6. The number of nitrogens with zero attached hydrogens (tertiary/aromatic N) is 1. The Morgan fingerprint density at radius 1 is 1.00 bits per heavy atom. The zero-order valence-electron chi connectivity index (χ0n) is 9.51. The molecule has 0 aliphatic heterocycles. The van der Waals surface area contributed by atoms with E-state index in [4.69, 9.17) is 28.0 Å². The molecule has 0 aromatic heterocycles. The number of hydrogen-bond acceptors (Lipinski definition) is 2. The maximum Gasteiger partial charge on any atom is 0.142 e. The van der Waals surface area contributed by atoms with Gasteiger partial charge >= 0.3 is 0 Å². The molecule has 0 saturated heterocycles. The molecule has 18 heavy (non-hydrogen) atoms. The molecule has 0 spiro atoms. The molecule has 0 aliphatic rings. The molecule has 0 amide bonds. The van der Waals surface area contributed by atoms with E-state index >= 15 is 0 Å². The van der Waals surface area contributed by atoms with Crippen LogP contribution in [0.2, 0.25) is 10.0 Å². The second-order valence-electron chi connectivity index (χ2n) is 3.69. The second-order valence-corrected chi connectivity index (χ2v) is 4.56. The van der Waals surface area contributed by atoms with Crippen LogP contribution in [0.5, 0.6) is 0 Å². The lowest BCUT2D eigenvalue weighted by atomic mass is 10.2. The lowest BCUT2D eigenvalue weighted by molar-refractivity contribution is 0.132. The van der Waals surface area contributed by atoms with Crippen LogP contribution in [0.4, 0.5) is 0 Å². The summed E-state index contributed by atoms with van der Waals surface area (Å²) in [6.45, 7) is 0.411. The van der Waals surface area contributed by atoms with Crippen LogP contribution in [0.3, 0.4) is 0 Å². The molecule has 2 aromatic rings. The molecular weight excluding hydrogens is 269 g/mol. The molecule has 0 saturated carbocycles. The van der Waals surface area contributed by atoms with Crippen molar-refractivity contribution in [1.82, 2.24) is 0 Å². The van der Waals surface area contributed by atoms with E-state index in [0.717, 1.165) is 11.1 Å². The van der Waals surface area contributed by atoms with Gasteiger partial charge in [0.05, 0.1) is 6.21 Å². The van der Waals surface area contributed by atoms with Gasteiger partial charge in [0.15, 0.2) is 0 Å². The van der Waals surface area contributed by atoms with Gasteiger partial charge in [0.2, 0.25) is 0 Å². The number of hydrogen-bond donors (Lipinski definition) is 0. The van der Waals surface area contributed by atoms with Crippen molar-refractivity contribution in [3.8, 4) is 0 Å². The van der Waals surface area contributed by atoms with Crippen LogP contribution >= 0.6 is 23.2 Å². The zero-order chi connectivity index (χ0) is 12.8. The molecule has 2 rings (SSSR count). The van der Waals surface area contributed by atoms with E-state index in [1.165, 1.54) is 0 Å². The van der Waals surface area contributed by atoms with Gasteiger partial charge in [0, 0.05) is 10.0 Å². The highest BCUT2D eigenvalue weighted by Gasteiger charge is 1.93. The number of rotatable bonds is 4. The third kappa shape index (κ3) is 4.06. The quantitative estimate of drug-likeness (QED) is 0.595. The van der Waals surface area contributed by atoms with Crippen molar-refractivity contribution in [2.45, 2.75) is 6.61 Å². The summed E-state index contributed by atoms with van der Waals surface area (Å²) in [4.78, 5) is 5.19. The predicted molar refractivity (Wildman–Crippen MR) is 75.3 cm³/mol. The fraction of sp³-hybridized carbons (Fsp3) is 0.0714. The summed E-state index contributed by atoms with van der Waals surface area (Å²) in [5.74, 6) is 0. The summed E-state index contributed by atoms with van der Waals surface area (Å²) in [5, 5.41) is 5.27. The monoisotopic (exact) mass is 279 g/mol. The summed E-state index contributed by atoms with van der Waals surface area (Å²) in [6, 6.07) is 14.8. The van der Waals surface area contributed by atoms with Crippen molar-refractivity contribution in [3.05, 3.63) is 69.7 Å². The standard InChI is InChI=1S/C14H11Cl2NO/c15-13-6-4-11(5-7-13)10-18-17-9-12-2-1-3-14(16)8-12/h1-9H,10H2. The van der Waals surface area contributed by atoms with E-state index in [1.807, 2.05) is 48.5 Å². The van der Waals surface area contributed by atoms with Crippen molar-refractivity contribution in [3.63, 3.8) is 0 Å². The van der Waals surface area contributed by atoms with Gasteiger partial charge < -0.3 is 4.84 Å². The molecule has 0 N–H and O–H groups in total. The van der Waals surface area contributed by atoms with Crippen molar-refractivity contribution in [2.75, 3.05) is 0 Å². The molecule has 0 fully saturated rings. The Kier molecular flexibility index (Phi) is 4.62. The molecule has 0 radical (unpaired) electrons. The summed E-state index contributed by atoms with van der Waals surface area (Å²) < 4.78 is 0. The number of halogens is 2. The molecule has 2 aromatic carbocycles. The first-order valence-electron chi connectivity index (χ1n) is 5.39. The van der Waals surface area contributed by atoms with Crippen molar-refractivity contribution in [1.29, 1.82) is 0 Å². The average molecular weight is 280 g/mol. The first kappa shape index (κ1) is 12.9. The minimum Gasteiger partial charge on any atom is -0.391 e. The molecule has 4 heteroatoms. The zero-order valence-corrected chi connectivity index (χ0v) is 11.0. The van der Waals surface area contributed by atoms with Gasteiger partial charge in [0.25, 0.3) is 0 Å². The van der Waals surface area contributed by atoms with Gasteiger partial charge in [-0.1, -0.05) is 52.6 Å². The maximum absolute atomic E-state index is 5.85. The van der Waals surface area contributed by atoms with Crippen molar-refractivity contribution in [2.24, 2.45) is 5.16 Å². The third-order valence-electron chi connectivity index (χ3n) is 2.27. The molecule has 0 heterocycles. The fourth-order valence-electron chi connectivity index (χ4n) is 1.38. The van der Waals surface area contributed by atoms with Crippen molar-refractivity contribution >= 4 is 29.4 Å². The summed E-state index contributed by atoms with van der Waals surface area (Å²) in [6.07, 6.45) is 1.63. The van der Waals surface area contributed by atoms with Gasteiger partial charge in [-0.3, -0.25) is 0 Å². The first-order chi connectivity index (χ1) is 8.74. The largest absolute Gasteiger partial charge is 0.391 e. The Hall–Kier alpha value is -1.51. The normalized spacial score (nSPS) is 10.8. The highest BCUT2D eigenvalue weighted by molar-refractivity contribution is 6.31. The lowest BCUT2D eigenvalue weighted by Gasteiger charge is -1.99. The van der Waals surface area contributed by atoms with Gasteiger partial charge in [-0.2, -0.15) is 0 Å². The minimum absolute atomic E-state index is 0.411. The summed E-state index contributed by atoms with van der Waals surface area (Å²) in [5.41, 5.74) is 1.92. The lowest BCUT2D eigenvalue weighted by Crippen LogP contribution is -1.88. The Morgan fingerprint density at radius 3 is 2.50 bits per heavy atom. The smallest absolute Gasteiger partial charge is 0.142 e. The van der Waals surface area contributed by atoms with Crippen LogP contribution in [0.15, 0.2) is 53.7 Å². The molecular formula is C14H11Cl2NO. The van der Waals surface area contributed by atoms with Gasteiger partial charge in [-0.25, -0.2) is 0 Å². The number of benzene rings is 2. The molecule has 0 unspecified atom stereocenters. The van der Waals surface area contributed by atoms with Crippen LogP contribution in [-0.4, -0.2) is 6.21 Å². The highest BCUT2D eigenvalue weighted by atomic mass is 35.5. The highest BCUT2D eigenvalue weighted by Crippen LogP contribution is 2.11. The fourth-order valence-corrected chi connectivity index (χ4v) is 1.70. The Morgan fingerprint density at radius 2 is 1.78 bits per heavy atom. The molecule has 0 atom stereocenters. The predicted octanol–water partition coefficient (Wildman–Crippen LogP) is 4.54. The Balaban J connectivity index is 1.87. The average Bonchev–Trinajstić information content (AvgIpc) is 2.37. The van der Waals surface area contributed by atoms with Crippen molar-refractivity contribution < 1.29 is 4.84 Å². The van der Waals surface area contributed by atoms with Crippen LogP contribution in [0.1, 0.15) is 11.1 Å². The van der Waals surface area contributed by atoms with Crippen LogP contribution in [-0.2, 0) is 11.4 Å². The Labute approximate surface area is 116 Å². The van der Waals surface area contributed by atoms with E-state index in [0.29, 0.717) is 16.7 Å². The van der Waals surface area contributed by atoms with Crippen LogP contribution < -0.4 is 0 Å². The van der Waals surface area contributed by atoms with Crippen LogP contribution in [0, 0.1) is 0 Å². The molecule has 92 valence electrons. The maximum atomic E-state index is 5.85. The van der Waals surface area contributed by atoms with E-state index in [1.54, 1.807) is 6.21 Å². The second kappa shape index (κ2) is 6.43. The topological polar surface area (TPSA) is 21.6 Å². The third-order valence-corrected chi connectivity index (χ3v) is 2.76. The SMILES string of the molecule is Clc1ccc(CON=Cc2cccc(Cl)c2)cc1. The van der Waals surface area contributed by atoms with Gasteiger partial charge in [-0.15, -0.1) is 0 Å². The summed E-state index contributed by atoms with van der Waals surface area (Å²) in [7, 11) is 0.